The molecule has 0 aromatic rings. The van der Waals surface area contributed by atoms with E-state index in [1.807, 2.05) is 33.6 Å². The molecule has 4 nitrogen and oxygen atoms in total. The van der Waals surface area contributed by atoms with Gasteiger partial charge >= 0.3 is 0 Å². The Kier molecular flexibility index (Phi) is 3.30. The zero-order chi connectivity index (χ0) is 9.90. The van der Waals surface area contributed by atoms with Crippen LogP contribution in [0.3, 0.4) is 0 Å². The fraction of sp³-hybridized carbons (Fsp3) is 0.667. The zero-order valence-electron chi connectivity index (χ0n) is 8.39. The van der Waals surface area contributed by atoms with Gasteiger partial charge in [0.25, 0.3) is 0 Å². The highest BCUT2D eigenvalue weighted by Gasteiger charge is 2.37. The lowest BCUT2D eigenvalue weighted by molar-refractivity contribution is 0.0645. The molecule has 0 bridgehead atoms. The molecule has 1 aliphatic rings. The van der Waals surface area contributed by atoms with Crippen LogP contribution in [-0.4, -0.2) is 38.0 Å². The number of aliphatic hydroxyl groups excluding tert-OH is 1. The van der Waals surface area contributed by atoms with Crippen LogP contribution in [0, 0.1) is 6.42 Å². The van der Waals surface area contributed by atoms with Crippen molar-refractivity contribution in [3.8, 4) is 0 Å². The molecule has 0 heterocycles. The number of aliphatic hydroxyl groups is 1. The van der Waals surface area contributed by atoms with E-state index >= 15 is 0 Å². The Labute approximate surface area is 79.4 Å². The average molecular weight is 184 g/mol. The van der Waals surface area contributed by atoms with Gasteiger partial charge in [-0.3, -0.25) is 10.6 Å². The average Bonchev–Trinajstić information content (AvgIpc) is 2.19. The summed E-state index contributed by atoms with van der Waals surface area (Å²) in [4.78, 5) is 0. The first kappa shape index (κ1) is 10.5. The third kappa shape index (κ3) is 1.85. The lowest BCUT2D eigenvalue weighted by atomic mass is 9.89. The molecule has 1 radical (unpaired) electrons. The minimum absolute atomic E-state index is 0.431. The Balaban J connectivity index is 2.80. The summed E-state index contributed by atoms with van der Waals surface area (Å²) in [5.41, 5.74) is 0.529. The van der Waals surface area contributed by atoms with Crippen LogP contribution in [0.1, 0.15) is 6.42 Å². The van der Waals surface area contributed by atoms with Gasteiger partial charge in [-0.15, -0.1) is 0 Å². The van der Waals surface area contributed by atoms with Crippen LogP contribution >= 0.6 is 0 Å². The first-order valence-electron chi connectivity index (χ1n) is 4.48. The van der Waals surface area contributed by atoms with Crippen molar-refractivity contribution in [3.05, 3.63) is 18.2 Å². The van der Waals surface area contributed by atoms with Gasteiger partial charge in [0.05, 0.1) is 6.10 Å². The maximum absolute atomic E-state index is 9.80. The van der Waals surface area contributed by atoms with Crippen molar-refractivity contribution in [2.24, 2.45) is 0 Å². The lowest BCUT2D eigenvalue weighted by Crippen LogP contribution is -2.64. The van der Waals surface area contributed by atoms with E-state index in [0.29, 0.717) is 6.42 Å². The molecule has 1 atom stereocenters. The Hall–Kier alpha value is -0.580. The fourth-order valence-electron chi connectivity index (χ4n) is 1.60. The van der Waals surface area contributed by atoms with Crippen molar-refractivity contribution in [1.29, 1.82) is 0 Å². The normalized spacial score (nSPS) is 26.8. The van der Waals surface area contributed by atoms with Gasteiger partial charge in [0.1, 0.15) is 5.66 Å². The smallest absolute Gasteiger partial charge is 0.104 e. The van der Waals surface area contributed by atoms with E-state index in [2.05, 4.69) is 16.0 Å². The second-order valence-corrected chi connectivity index (χ2v) is 3.17. The highest BCUT2D eigenvalue weighted by Crippen LogP contribution is 2.23. The summed E-state index contributed by atoms with van der Waals surface area (Å²) in [5.74, 6) is 0. The lowest BCUT2D eigenvalue weighted by Gasteiger charge is -2.40. The summed E-state index contributed by atoms with van der Waals surface area (Å²) in [7, 11) is 5.53. The molecular formula is C9H18N3O. The van der Waals surface area contributed by atoms with Gasteiger partial charge in [0, 0.05) is 19.2 Å². The van der Waals surface area contributed by atoms with Crippen LogP contribution in [-0.2, 0) is 0 Å². The first-order chi connectivity index (χ1) is 6.18. The molecule has 1 aliphatic carbocycles. The van der Waals surface area contributed by atoms with Crippen LogP contribution in [0.15, 0.2) is 11.8 Å². The number of likely N-dealkylation sites (N-methyl/N-ethyl adjacent to an activating group) is 2. The summed E-state index contributed by atoms with van der Waals surface area (Å²) < 4.78 is 0. The van der Waals surface area contributed by atoms with Gasteiger partial charge in [-0.1, -0.05) is 6.08 Å². The van der Waals surface area contributed by atoms with Crippen LogP contribution in [0.4, 0.5) is 0 Å². The fourth-order valence-corrected chi connectivity index (χ4v) is 1.60. The Morgan fingerprint density at radius 1 is 1.38 bits per heavy atom. The molecule has 4 heteroatoms. The molecule has 75 valence electrons. The maximum atomic E-state index is 9.80. The van der Waals surface area contributed by atoms with Gasteiger partial charge in [-0.05, 0) is 20.5 Å². The molecule has 0 amide bonds. The Morgan fingerprint density at radius 3 is 2.46 bits per heavy atom. The van der Waals surface area contributed by atoms with Crippen LogP contribution in [0.5, 0.6) is 0 Å². The number of hydrogen-bond acceptors (Lipinski definition) is 4. The minimum atomic E-state index is -0.507. The molecule has 0 fully saturated rings. The largest absolute Gasteiger partial charge is 0.391 e. The first-order valence-corrected chi connectivity index (χ1v) is 4.48. The molecule has 0 aromatic carbocycles. The van der Waals surface area contributed by atoms with E-state index in [9.17, 15) is 5.11 Å². The van der Waals surface area contributed by atoms with Gasteiger partial charge in [0.15, 0.2) is 0 Å². The number of rotatable bonds is 3. The summed E-state index contributed by atoms with van der Waals surface area (Å²) in [5, 5.41) is 19.0. The topological polar surface area (TPSA) is 56.3 Å². The molecule has 0 saturated carbocycles. The monoisotopic (exact) mass is 184 g/mol. The van der Waals surface area contributed by atoms with E-state index in [0.717, 1.165) is 5.70 Å². The molecule has 1 unspecified atom stereocenters. The van der Waals surface area contributed by atoms with Crippen LogP contribution in [0.2, 0.25) is 0 Å². The molecule has 1 rings (SSSR count). The summed E-state index contributed by atoms with van der Waals surface area (Å²) in [6.45, 7) is 0. The van der Waals surface area contributed by atoms with Crippen molar-refractivity contribution >= 4 is 0 Å². The summed E-state index contributed by atoms with van der Waals surface area (Å²) in [6.07, 6.45) is 4.16. The second-order valence-electron chi connectivity index (χ2n) is 3.17. The minimum Gasteiger partial charge on any atom is -0.391 e. The van der Waals surface area contributed by atoms with Crippen LogP contribution < -0.4 is 16.0 Å². The maximum Gasteiger partial charge on any atom is 0.104 e. The van der Waals surface area contributed by atoms with E-state index in [1.165, 1.54) is 0 Å². The zero-order valence-corrected chi connectivity index (χ0v) is 8.39. The quantitative estimate of drug-likeness (QED) is 0.434. The molecule has 4 N–H and O–H groups in total. The molecule has 13 heavy (non-hydrogen) atoms. The van der Waals surface area contributed by atoms with Gasteiger partial charge in [-0.25, -0.2) is 0 Å². The molecule has 0 aliphatic heterocycles. The van der Waals surface area contributed by atoms with Crippen molar-refractivity contribution in [2.75, 3.05) is 21.1 Å². The van der Waals surface area contributed by atoms with E-state index in [1.54, 1.807) is 0 Å². The van der Waals surface area contributed by atoms with Crippen molar-refractivity contribution < 1.29 is 5.11 Å². The van der Waals surface area contributed by atoms with Crippen molar-refractivity contribution in [1.82, 2.24) is 16.0 Å². The standard InChI is InChI=1S/C9H18N3O/c1-10-7-4-5-8(13)9(6-7,11-2)12-3/h4,6,8,10-13H,5H2,1-3H3. The van der Waals surface area contributed by atoms with Gasteiger partial charge in [-0.2, -0.15) is 0 Å². The Morgan fingerprint density at radius 2 is 2.00 bits per heavy atom. The SMILES string of the molecule is CNC1=CCC(O)C(NC)(NC)[CH]1. The summed E-state index contributed by atoms with van der Waals surface area (Å²) >= 11 is 0. The van der Waals surface area contributed by atoms with Gasteiger partial charge in [0.2, 0.25) is 0 Å². The predicted molar refractivity (Wildman–Crippen MR) is 52.9 cm³/mol. The highest BCUT2D eigenvalue weighted by atomic mass is 16.3. The van der Waals surface area contributed by atoms with Crippen molar-refractivity contribution in [3.63, 3.8) is 0 Å². The third-order valence-electron chi connectivity index (χ3n) is 2.59. The number of hydrogen-bond donors (Lipinski definition) is 4. The van der Waals surface area contributed by atoms with E-state index in [4.69, 9.17) is 0 Å². The highest BCUT2D eigenvalue weighted by molar-refractivity contribution is 5.26. The molecular weight excluding hydrogens is 166 g/mol. The predicted octanol–water partition coefficient (Wildman–Crippen LogP) is -0.806. The Bertz CT molecular complexity index is 199. The molecule has 0 spiro atoms. The third-order valence-corrected chi connectivity index (χ3v) is 2.59. The summed E-state index contributed by atoms with van der Waals surface area (Å²) in [6, 6.07) is 0. The second kappa shape index (κ2) is 4.09. The van der Waals surface area contributed by atoms with E-state index in [-0.39, 0.29) is 0 Å². The molecule has 0 aromatic heterocycles. The number of nitrogens with one attached hydrogen (secondary N) is 3. The van der Waals surface area contributed by atoms with Crippen molar-refractivity contribution in [2.45, 2.75) is 18.2 Å². The van der Waals surface area contributed by atoms with Crippen LogP contribution in [0.25, 0.3) is 0 Å². The van der Waals surface area contributed by atoms with E-state index < -0.39 is 11.8 Å². The van der Waals surface area contributed by atoms with Gasteiger partial charge < -0.3 is 10.4 Å². The molecule has 0 saturated heterocycles.